The zero-order valence-electron chi connectivity index (χ0n) is 10.5. The Hall–Kier alpha value is -1.17. The van der Waals surface area contributed by atoms with Crippen molar-refractivity contribution in [3.05, 3.63) is 26.9 Å². The Morgan fingerprint density at radius 3 is 2.89 bits per heavy atom. The quantitative estimate of drug-likeness (QED) is 0.678. The van der Waals surface area contributed by atoms with E-state index < -0.39 is 4.92 Å². The number of pyridine rings is 1. The minimum Gasteiger partial charge on any atom is -0.369 e. The fourth-order valence-corrected chi connectivity index (χ4v) is 3.99. The molecule has 2 bridgehead atoms. The molecule has 6 heteroatoms. The van der Waals surface area contributed by atoms with Crippen LogP contribution in [0.25, 0.3) is 0 Å². The van der Waals surface area contributed by atoms with Gasteiger partial charge in [-0.25, -0.2) is 4.98 Å². The topological polar surface area (TPSA) is 68.1 Å². The lowest BCUT2D eigenvalue weighted by Gasteiger charge is -2.22. The number of aromatic nitrogens is 1. The van der Waals surface area contributed by atoms with E-state index in [1.54, 1.807) is 0 Å². The molecule has 3 rings (SSSR count). The van der Waals surface area contributed by atoms with Gasteiger partial charge in [-0.05, 0) is 52.9 Å². The molecule has 3 atom stereocenters. The van der Waals surface area contributed by atoms with Crippen LogP contribution in [-0.4, -0.2) is 16.5 Å². The molecule has 1 heterocycles. The number of halogens is 1. The third-order valence-corrected chi connectivity index (χ3v) is 5.06. The lowest BCUT2D eigenvalue weighted by molar-refractivity contribution is -0.385. The van der Waals surface area contributed by atoms with Crippen LogP contribution in [0.15, 0.2) is 16.7 Å². The van der Waals surface area contributed by atoms with Crippen LogP contribution in [-0.2, 0) is 0 Å². The third-order valence-electron chi connectivity index (χ3n) is 4.45. The van der Waals surface area contributed by atoms with Gasteiger partial charge < -0.3 is 5.32 Å². The number of hydrogen-bond donors (Lipinski definition) is 1. The molecule has 2 aliphatic carbocycles. The van der Waals surface area contributed by atoms with Crippen molar-refractivity contribution < 1.29 is 4.92 Å². The van der Waals surface area contributed by atoms with E-state index in [-0.39, 0.29) is 5.69 Å². The van der Waals surface area contributed by atoms with Crippen LogP contribution in [0, 0.1) is 27.9 Å². The van der Waals surface area contributed by atoms with Gasteiger partial charge in [0.25, 0.3) is 5.69 Å². The smallest absolute Gasteiger partial charge is 0.288 e. The molecule has 0 amide bonds. The van der Waals surface area contributed by atoms with E-state index in [4.69, 9.17) is 0 Å². The second-order valence-electron chi connectivity index (χ2n) is 5.60. The van der Waals surface area contributed by atoms with Crippen molar-refractivity contribution in [2.24, 2.45) is 17.8 Å². The zero-order chi connectivity index (χ0) is 13.4. The second-order valence-corrected chi connectivity index (χ2v) is 6.45. The molecule has 0 aliphatic heterocycles. The summed E-state index contributed by atoms with van der Waals surface area (Å²) >= 11 is 3.34. The minimum absolute atomic E-state index is 0.0114. The van der Waals surface area contributed by atoms with Crippen LogP contribution in [0.4, 0.5) is 11.5 Å². The molecule has 5 nitrogen and oxygen atoms in total. The molecule has 0 radical (unpaired) electrons. The van der Waals surface area contributed by atoms with Crippen LogP contribution < -0.4 is 5.32 Å². The number of anilines is 1. The van der Waals surface area contributed by atoms with Crippen molar-refractivity contribution in [1.29, 1.82) is 0 Å². The van der Waals surface area contributed by atoms with Crippen LogP contribution in [0.2, 0.25) is 0 Å². The molecule has 0 spiro atoms. The van der Waals surface area contributed by atoms with Crippen molar-refractivity contribution in [2.75, 3.05) is 11.9 Å². The predicted octanol–water partition coefficient (Wildman–Crippen LogP) is 3.60. The molecule has 19 heavy (non-hydrogen) atoms. The first-order valence-electron chi connectivity index (χ1n) is 6.67. The van der Waals surface area contributed by atoms with Gasteiger partial charge in [-0.2, -0.15) is 0 Å². The van der Waals surface area contributed by atoms with E-state index in [9.17, 15) is 10.1 Å². The van der Waals surface area contributed by atoms with Gasteiger partial charge in [0.15, 0.2) is 0 Å². The number of rotatable bonds is 4. The summed E-state index contributed by atoms with van der Waals surface area (Å²) in [6.45, 7) is 0.921. The first kappa shape index (κ1) is 12.8. The monoisotopic (exact) mass is 325 g/mol. The first-order valence-corrected chi connectivity index (χ1v) is 7.46. The fourth-order valence-electron chi connectivity index (χ4n) is 3.51. The highest BCUT2D eigenvalue weighted by Crippen LogP contribution is 2.48. The van der Waals surface area contributed by atoms with Gasteiger partial charge in [0.05, 0.1) is 9.40 Å². The van der Waals surface area contributed by atoms with Gasteiger partial charge in [0.1, 0.15) is 12.0 Å². The molecule has 1 aromatic rings. The van der Waals surface area contributed by atoms with Crippen molar-refractivity contribution in [2.45, 2.75) is 25.7 Å². The SMILES string of the molecule is O=[N+]([O-])c1cnc(NCC2CC3CCC2C3)c(Br)c1. The molecule has 3 unspecified atom stereocenters. The Morgan fingerprint density at radius 2 is 2.32 bits per heavy atom. The molecular formula is C13H16BrN3O2. The van der Waals surface area contributed by atoms with E-state index in [1.165, 1.54) is 37.9 Å². The largest absolute Gasteiger partial charge is 0.369 e. The summed E-state index contributed by atoms with van der Waals surface area (Å²) in [5, 5.41) is 14.0. The summed E-state index contributed by atoms with van der Waals surface area (Å²) in [6, 6.07) is 1.50. The highest BCUT2D eigenvalue weighted by Gasteiger charge is 2.39. The molecule has 1 aromatic heterocycles. The van der Waals surface area contributed by atoms with Crippen LogP contribution in [0.3, 0.4) is 0 Å². The van der Waals surface area contributed by atoms with Gasteiger partial charge in [0.2, 0.25) is 0 Å². The van der Waals surface area contributed by atoms with E-state index in [0.29, 0.717) is 10.3 Å². The average Bonchev–Trinajstić information content (AvgIpc) is 2.99. The van der Waals surface area contributed by atoms with E-state index in [2.05, 4.69) is 26.2 Å². The second kappa shape index (κ2) is 5.07. The summed E-state index contributed by atoms with van der Waals surface area (Å²) in [5.74, 6) is 3.25. The maximum absolute atomic E-state index is 10.6. The Morgan fingerprint density at radius 1 is 1.47 bits per heavy atom. The van der Waals surface area contributed by atoms with Gasteiger partial charge >= 0.3 is 0 Å². The number of nitrogens with zero attached hydrogens (tertiary/aromatic N) is 2. The van der Waals surface area contributed by atoms with E-state index in [1.807, 2.05) is 0 Å². The van der Waals surface area contributed by atoms with Crippen molar-refractivity contribution in [3.8, 4) is 0 Å². The summed E-state index contributed by atoms with van der Waals surface area (Å²) in [7, 11) is 0. The van der Waals surface area contributed by atoms with Crippen molar-refractivity contribution >= 4 is 27.4 Å². The van der Waals surface area contributed by atoms with Gasteiger partial charge in [0, 0.05) is 12.6 Å². The summed E-state index contributed by atoms with van der Waals surface area (Å²) in [4.78, 5) is 14.3. The molecule has 2 aliphatic rings. The predicted molar refractivity (Wildman–Crippen MR) is 76.0 cm³/mol. The maximum atomic E-state index is 10.6. The highest BCUT2D eigenvalue weighted by atomic mass is 79.9. The molecule has 0 saturated heterocycles. The summed E-state index contributed by atoms with van der Waals surface area (Å²) in [5.41, 5.74) is 0.0114. The Bertz CT molecular complexity index is 509. The maximum Gasteiger partial charge on any atom is 0.288 e. The van der Waals surface area contributed by atoms with Crippen LogP contribution in [0.1, 0.15) is 25.7 Å². The fraction of sp³-hybridized carbons (Fsp3) is 0.615. The van der Waals surface area contributed by atoms with Gasteiger partial charge in [-0.3, -0.25) is 10.1 Å². The third kappa shape index (κ3) is 2.59. The number of nitrogens with one attached hydrogen (secondary N) is 1. The number of nitro groups is 1. The Kier molecular flexibility index (Phi) is 3.43. The highest BCUT2D eigenvalue weighted by molar-refractivity contribution is 9.10. The minimum atomic E-state index is -0.433. The van der Waals surface area contributed by atoms with Gasteiger partial charge in [-0.1, -0.05) is 6.42 Å². The molecule has 102 valence electrons. The molecule has 0 aromatic carbocycles. The van der Waals surface area contributed by atoms with Crippen molar-refractivity contribution in [1.82, 2.24) is 4.98 Å². The lowest BCUT2D eigenvalue weighted by Crippen LogP contribution is -2.20. The summed E-state index contributed by atoms with van der Waals surface area (Å²) in [6.07, 6.45) is 6.78. The zero-order valence-corrected chi connectivity index (χ0v) is 12.1. The molecule has 2 saturated carbocycles. The first-order chi connectivity index (χ1) is 9.13. The summed E-state index contributed by atoms with van der Waals surface area (Å²) < 4.78 is 0.657. The van der Waals surface area contributed by atoms with Crippen molar-refractivity contribution in [3.63, 3.8) is 0 Å². The Labute approximate surface area is 120 Å². The average molecular weight is 326 g/mol. The Balaban J connectivity index is 1.62. The van der Waals surface area contributed by atoms with Crippen LogP contribution >= 0.6 is 15.9 Å². The lowest BCUT2D eigenvalue weighted by atomic mass is 9.89. The number of hydrogen-bond acceptors (Lipinski definition) is 4. The molecule has 1 N–H and O–H groups in total. The number of fused-ring (bicyclic) bond motifs is 2. The standard InChI is InChI=1S/C13H16BrN3O2/c14-12-5-11(17(18)19)7-16-13(12)15-6-10-4-8-1-2-9(10)3-8/h5,7-10H,1-4,6H2,(H,15,16). The molecular weight excluding hydrogens is 310 g/mol. The normalized spacial score (nSPS) is 28.6. The van der Waals surface area contributed by atoms with E-state index >= 15 is 0 Å². The molecule has 2 fully saturated rings. The van der Waals surface area contributed by atoms with Crippen LogP contribution in [0.5, 0.6) is 0 Å². The van der Waals surface area contributed by atoms with Gasteiger partial charge in [-0.15, -0.1) is 0 Å². The van der Waals surface area contributed by atoms with E-state index in [0.717, 1.165) is 24.3 Å².